The van der Waals surface area contributed by atoms with E-state index in [4.69, 9.17) is 0 Å². The van der Waals surface area contributed by atoms with Gasteiger partial charge >= 0.3 is 5.69 Å². The summed E-state index contributed by atoms with van der Waals surface area (Å²) >= 11 is 0. The normalized spacial score (nSPS) is 20.6. The number of nitrogens with one attached hydrogen (secondary N) is 2. The third-order valence-electron chi connectivity index (χ3n) is 4.86. The molecular weight excluding hydrogens is 372 g/mol. The monoisotopic (exact) mass is 394 g/mol. The van der Waals surface area contributed by atoms with E-state index >= 15 is 0 Å². The summed E-state index contributed by atoms with van der Waals surface area (Å²) in [5.74, 6) is 0. The summed E-state index contributed by atoms with van der Waals surface area (Å²) < 4.78 is 34.2. The zero-order valence-corrected chi connectivity index (χ0v) is 16.0. The molecule has 0 spiro atoms. The van der Waals surface area contributed by atoms with Crippen molar-refractivity contribution in [3.8, 4) is 0 Å². The summed E-state index contributed by atoms with van der Waals surface area (Å²) in [5.41, 5.74) is -1.28. The van der Waals surface area contributed by atoms with Gasteiger partial charge in [0.05, 0.1) is 16.8 Å². The van der Waals surface area contributed by atoms with E-state index in [9.17, 15) is 22.6 Å². The van der Waals surface area contributed by atoms with Crippen LogP contribution in [0.15, 0.2) is 38.5 Å². The molecular formula is C17H22N4O5S. The molecule has 2 aromatic heterocycles. The van der Waals surface area contributed by atoms with Crippen LogP contribution in [0.5, 0.6) is 0 Å². The maximum atomic E-state index is 13.0. The van der Waals surface area contributed by atoms with Crippen molar-refractivity contribution in [1.29, 1.82) is 0 Å². The van der Waals surface area contributed by atoms with Crippen LogP contribution in [0.25, 0.3) is 11.2 Å². The molecule has 0 aliphatic heterocycles. The lowest BCUT2D eigenvalue weighted by atomic mass is 9.81. The van der Waals surface area contributed by atoms with Gasteiger partial charge in [-0.3, -0.25) is 14.3 Å². The standard InChI is InChI=1S/C17H22N4O5S/c1-3-5-11-9-17(7-4-2,8-6-12(11)27(24,25)26)21-15(22)13-14(19-10-18-13)20-16(21)23/h6,8,10H,3-5,7,9H2,1-2H3,(H,18,19)(H,20,23)(H,24,25,26). The topological polar surface area (TPSA) is 138 Å². The predicted molar refractivity (Wildman–Crippen MR) is 101 cm³/mol. The van der Waals surface area contributed by atoms with Gasteiger partial charge in [-0.25, -0.2) is 14.3 Å². The van der Waals surface area contributed by atoms with Crippen LogP contribution in [-0.4, -0.2) is 32.5 Å². The highest BCUT2D eigenvalue weighted by molar-refractivity contribution is 7.90. The van der Waals surface area contributed by atoms with Crippen molar-refractivity contribution >= 4 is 21.3 Å². The van der Waals surface area contributed by atoms with Gasteiger partial charge in [-0.1, -0.05) is 32.8 Å². The number of hydrogen-bond acceptors (Lipinski definition) is 5. The highest BCUT2D eigenvalue weighted by Gasteiger charge is 2.38. The van der Waals surface area contributed by atoms with Gasteiger partial charge in [-0.2, -0.15) is 8.42 Å². The van der Waals surface area contributed by atoms with E-state index in [-0.39, 0.29) is 22.5 Å². The van der Waals surface area contributed by atoms with E-state index in [2.05, 4.69) is 15.0 Å². The second-order valence-electron chi connectivity index (χ2n) is 6.75. The van der Waals surface area contributed by atoms with Crippen LogP contribution in [0.1, 0.15) is 46.0 Å². The van der Waals surface area contributed by atoms with Crippen LogP contribution in [0.3, 0.4) is 0 Å². The molecule has 1 aliphatic rings. The number of H-pyrrole nitrogens is 2. The minimum absolute atomic E-state index is 0.150. The first-order valence-corrected chi connectivity index (χ1v) is 10.2. The van der Waals surface area contributed by atoms with Gasteiger partial charge < -0.3 is 4.98 Å². The Balaban J connectivity index is 2.26. The molecule has 0 aromatic carbocycles. The summed E-state index contributed by atoms with van der Waals surface area (Å²) in [5, 5.41) is 0. The molecule has 0 saturated heterocycles. The Kier molecular flexibility index (Phi) is 4.96. The Labute approximate surface area is 155 Å². The number of rotatable bonds is 6. The molecule has 2 aromatic rings. The van der Waals surface area contributed by atoms with Gasteiger partial charge in [0.15, 0.2) is 5.65 Å². The summed E-state index contributed by atoms with van der Waals surface area (Å²) in [6.45, 7) is 3.81. The SMILES string of the molecule is CCCC1=C(S(=O)(=O)O)C=CC(CCC)(n2c(=O)[nH]c3nc[nH]c3c2=O)C1. The summed E-state index contributed by atoms with van der Waals surface area (Å²) in [6, 6.07) is 0. The van der Waals surface area contributed by atoms with Crippen LogP contribution in [0, 0.1) is 0 Å². The smallest absolute Gasteiger partial charge is 0.330 e. The fourth-order valence-corrected chi connectivity index (χ4v) is 4.61. The number of fused-ring (bicyclic) bond motifs is 1. The number of imidazole rings is 1. The molecule has 9 nitrogen and oxygen atoms in total. The first-order chi connectivity index (χ1) is 12.7. The van der Waals surface area contributed by atoms with Crippen molar-refractivity contribution in [2.75, 3.05) is 0 Å². The van der Waals surface area contributed by atoms with E-state index in [1.807, 2.05) is 13.8 Å². The van der Waals surface area contributed by atoms with Gasteiger partial charge in [-0.15, -0.1) is 0 Å². The predicted octanol–water partition coefficient (Wildman–Crippen LogP) is 1.81. The molecule has 0 bridgehead atoms. The maximum absolute atomic E-state index is 13.0. The average Bonchev–Trinajstić information content (AvgIpc) is 3.03. The molecule has 0 radical (unpaired) electrons. The molecule has 0 amide bonds. The number of hydrogen-bond donors (Lipinski definition) is 3. The van der Waals surface area contributed by atoms with Crippen molar-refractivity contribution in [3.63, 3.8) is 0 Å². The van der Waals surface area contributed by atoms with Crippen molar-refractivity contribution in [2.24, 2.45) is 0 Å². The van der Waals surface area contributed by atoms with Crippen LogP contribution >= 0.6 is 0 Å². The van der Waals surface area contributed by atoms with Gasteiger partial charge in [0.1, 0.15) is 5.52 Å². The molecule has 3 rings (SSSR count). The molecule has 10 heteroatoms. The minimum Gasteiger partial charge on any atom is -0.339 e. The van der Waals surface area contributed by atoms with E-state index in [0.717, 1.165) is 4.57 Å². The van der Waals surface area contributed by atoms with E-state index in [0.29, 0.717) is 31.3 Å². The number of nitrogens with zero attached hydrogens (tertiary/aromatic N) is 2. The first-order valence-electron chi connectivity index (χ1n) is 8.81. The summed E-state index contributed by atoms with van der Waals surface area (Å²) in [7, 11) is -4.39. The Morgan fingerprint density at radius 3 is 2.67 bits per heavy atom. The molecule has 27 heavy (non-hydrogen) atoms. The van der Waals surface area contributed by atoms with Crippen molar-refractivity contribution < 1.29 is 13.0 Å². The average molecular weight is 394 g/mol. The lowest BCUT2D eigenvalue weighted by Gasteiger charge is -2.35. The number of allylic oxidation sites excluding steroid dienone is 3. The molecule has 0 saturated carbocycles. The molecule has 146 valence electrons. The minimum atomic E-state index is -4.39. The van der Waals surface area contributed by atoms with E-state index in [1.54, 1.807) is 0 Å². The molecule has 1 unspecified atom stereocenters. The van der Waals surface area contributed by atoms with Crippen molar-refractivity contribution in [3.05, 3.63) is 49.8 Å². The second-order valence-corrected chi connectivity index (χ2v) is 8.14. The fraction of sp³-hybridized carbons (Fsp3) is 0.471. The third-order valence-corrected chi connectivity index (χ3v) is 5.84. The zero-order chi connectivity index (χ0) is 19.8. The Hall–Kier alpha value is -2.46. The fourth-order valence-electron chi connectivity index (χ4n) is 3.83. The second kappa shape index (κ2) is 6.93. The van der Waals surface area contributed by atoms with Crippen LogP contribution < -0.4 is 11.2 Å². The van der Waals surface area contributed by atoms with Crippen molar-refractivity contribution in [2.45, 2.75) is 51.5 Å². The Bertz CT molecular complexity index is 1150. The van der Waals surface area contributed by atoms with Gasteiger partial charge in [0.25, 0.3) is 15.7 Å². The van der Waals surface area contributed by atoms with Gasteiger partial charge in [-0.05, 0) is 30.9 Å². The maximum Gasteiger partial charge on any atom is 0.330 e. The zero-order valence-electron chi connectivity index (χ0n) is 15.2. The molecule has 2 heterocycles. The van der Waals surface area contributed by atoms with Gasteiger partial charge in [0, 0.05) is 0 Å². The summed E-state index contributed by atoms with van der Waals surface area (Å²) in [6.07, 6.45) is 6.55. The Morgan fingerprint density at radius 2 is 2.04 bits per heavy atom. The highest BCUT2D eigenvalue weighted by atomic mass is 32.2. The van der Waals surface area contributed by atoms with Crippen LogP contribution in [0.4, 0.5) is 0 Å². The molecule has 1 aliphatic carbocycles. The molecule has 3 N–H and O–H groups in total. The summed E-state index contributed by atoms with van der Waals surface area (Å²) in [4.78, 5) is 34.8. The third kappa shape index (κ3) is 3.30. The van der Waals surface area contributed by atoms with Gasteiger partial charge in [0.2, 0.25) is 0 Å². The molecule has 1 atom stereocenters. The first kappa shape index (κ1) is 19.3. The largest absolute Gasteiger partial charge is 0.339 e. The number of aromatic nitrogens is 4. The lowest BCUT2D eigenvalue weighted by molar-refractivity contribution is 0.307. The number of aromatic amines is 2. The lowest BCUT2D eigenvalue weighted by Crippen LogP contribution is -2.49. The van der Waals surface area contributed by atoms with E-state index < -0.39 is 26.9 Å². The van der Waals surface area contributed by atoms with Crippen LogP contribution in [-0.2, 0) is 15.7 Å². The van der Waals surface area contributed by atoms with Crippen molar-refractivity contribution in [1.82, 2.24) is 19.5 Å². The Morgan fingerprint density at radius 1 is 1.30 bits per heavy atom. The highest BCUT2D eigenvalue weighted by Crippen LogP contribution is 2.38. The van der Waals surface area contributed by atoms with Crippen LogP contribution in [0.2, 0.25) is 0 Å². The quantitative estimate of drug-likeness (QED) is 0.639. The molecule has 0 fully saturated rings. The van der Waals surface area contributed by atoms with E-state index in [1.165, 1.54) is 18.5 Å².